The Morgan fingerprint density at radius 2 is 2.11 bits per heavy atom. The lowest BCUT2D eigenvalue weighted by Crippen LogP contribution is -2.19. The number of hydrogen-bond donors (Lipinski definition) is 1. The molecule has 2 rings (SSSR count). The molecule has 96 valence electrons. The molecular weight excluding hydrogens is 269 g/mol. The summed E-state index contributed by atoms with van der Waals surface area (Å²) in [5.74, 6) is 0. The molecule has 2 aromatic rings. The van der Waals surface area contributed by atoms with Gasteiger partial charge in [-0.1, -0.05) is 29.3 Å². The van der Waals surface area contributed by atoms with Gasteiger partial charge in [0.15, 0.2) is 0 Å². The van der Waals surface area contributed by atoms with Gasteiger partial charge in [0.05, 0.1) is 16.4 Å². The van der Waals surface area contributed by atoms with Gasteiger partial charge in [0, 0.05) is 17.3 Å². The summed E-state index contributed by atoms with van der Waals surface area (Å²) in [6.07, 6.45) is 2.55. The first-order chi connectivity index (χ1) is 8.47. The van der Waals surface area contributed by atoms with Crippen LogP contribution in [0, 0.1) is 6.92 Å². The molecule has 1 heterocycles. The summed E-state index contributed by atoms with van der Waals surface area (Å²) < 4.78 is 1.75. The van der Waals surface area contributed by atoms with Crippen molar-refractivity contribution in [3.63, 3.8) is 0 Å². The van der Waals surface area contributed by atoms with Gasteiger partial charge in [0.1, 0.15) is 0 Å². The Bertz CT molecular complexity index is 542. The van der Waals surface area contributed by atoms with Gasteiger partial charge >= 0.3 is 0 Å². The number of nitrogens with zero attached hydrogens (tertiary/aromatic N) is 2. The second-order valence-electron chi connectivity index (χ2n) is 4.46. The van der Waals surface area contributed by atoms with Crippen molar-refractivity contribution in [2.75, 3.05) is 0 Å². The maximum Gasteiger partial charge on any atom is 0.0819 e. The molecule has 18 heavy (non-hydrogen) atoms. The van der Waals surface area contributed by atoms with Crippen molar-refractivity contribution in [2.24, 2.45) is 5.73 Å². The predicted molar refractivity (Wildman–Crippen MR) is 75.7 cm³/mol. The molecule has 0 saturated heterocycles. The van der Waals surface area contributed by atoms with Gasteiger partial charge in [-0.05, 0) is 38.0 Å². The Hall–Kier alpha value is -1.03. The first kappa shape index (κ1) is 13.4. The zero-order valence-corrected chi connectivity index (χ0v) is 11.8. The van der Waals surface area contributed by atoms with Crippen molar-refractivity contribution < 1.29 is 0 Å². The summed E-state index contributed by atoms with van der Waals surface area (Å²) in [6, 6.07) is 5.80. The smallest absolute Gasteiger partial charge is 0.0819 e. The zero-order valence-electron chi connectivity index (χ0n) is 10.3. The molecule has 0 radical (unpaired) electrons. The van der Waals surface area contributed by atoms with Crippen LogP contribution in [0.1, 0.15) is 18.2 Å². The van der Waals surface area contributed by atoms with Crippen LogP contribution >= 0.6 is 23.2 Å². The highest BCUT2D eigenvalue weighted by molar-refractivity contribution is 6.31. The quantitative estimate of drug-likeness (QED) is 0.939. The molecule has 0 spiro atoms. The van der Waals surface area contributed by atoms with E-state index in [1.165, 1.54) is 0 Å². The lowest BCUT2D eigenvalue weighted by molar-refractivity contribution is 0.727. The summed E-state index contributed by atoms with van der Waals surface area (Å²) in [7, 11) is 0. The molecule has 1 aromatic carbocycles. The van der Waals surface area contributed by atoms with Crippen LogP contribution in [-0.2, 0) is 6.42 Å². The summed E-state index contributed by atoms with van der Waals surface area (Å²) >= 11 is 12.1. The van der Waals surface area contributed by atoms with Gasteiger partial charge in [0.25, 0.3) is 0 Å². The van der Waals surface area contributed by atoms with Crippen LogP contribution in [0.3, 0.4) is 0 Å². The highest BCUT2D eigenvalue weighted by atomic mass is 35.5. The predicted octanol–water partition coefficient (Wildman–Crippen LogP) is 3.38. The van der Waals surface area contributed by atoms with E-state index >= 15 is 0 Å². The first-order valence-corrected chi connectivity index (χ1v) is 6.49. The number of hydrogen-bond acceptors (Lipinski definition) is 2. The van der Waals surface area contributed by atoms with Crippen LogP contribution in [0.15, 0.2) is 24.4 Å². The lowest BCUT2D eigenvalue weighted by Gasteiger charge is -2.12. The van der Waals surface area contributed by atoms with E-state index in [0.717, 1.165) is 23.4 Å². The Labute approximate surface area is 117 Å². The second kappa shape index (κ2) is 5.31. The second-order valence-corrected chi connectivity index (χ2v) is 5.31. The molecule has 0 aliphatic carbocycles. The molecule has 0 fully saturated rings. The average molecular weight is 284 g/mol. The maximum absolute atomic E-state index is 6.04. The molecular formula is C13H15Cl2N3. The Balaban J connectivity index is 2.50. The van der Waals surface area contributed by atoms with Crippen LogP contribution in [0.4, 0.5) is 0 Å². The van der Waals surface area contributed by atoms with E-state index < -0.39 is 0 Å². The first-order valence-electron chi connectivity index (χ1n) is 5.73. The molecule has 3 nitrogen and oxygen atoms in total. The maximum atomic E-state index is 6.04. The lowest BCUT2D eigenvalue weighted by atomic mass is 10.1. The number of aromatic nitrogens is 2. The molecule has 2 N–H and O–H groups in total. The molecule has 1 atom stereocenters. The van der Waals surface area contributed by atoms with E-state index in [4.69, 9.17) is 28.9 Å². The van der Waals surface area contributed by atoms with Gasteiger partial charge in [-0.2, -0.15) is 5.10 Å². The van der Waals surface area contributed by atoms with Crippen LogP contribution < -0.4 is 5.73 Å². The molecule has 0 aliphatic rings. The molecule has 5 heteroatoms. The van der Waals surface area contributed by atoms with Crippen molar-refractivity contribution in [2.45, 2.75) is 26.3 Å². The standard InChI is InChI=1S/C13H15Cl2N3/c1-8(16)5-10-3-4-11(14)6-13(10)18-7-12(15)9(2)17-18/h3-4,6-8H,5,16H2,1-2H3. The SMILES string of the molecule is Cc1nn(-c2cc(Cl)ccc2CC(C)N)cc1Cl. The summed E-state index contributed by atoms with van der Waals surface area (Å²) in [5.41, 5.74) is 8.68. The molecule has 0 bridgehead atoms. The third kappa shape index (κ3) is 2.86. The van der Waals surface area contributed by atoms with Gasteiger partial charge in [0.2, 0.25) is 0 Å². The van der Waals surface area contributed by atoms with E-state index in [9.17, 15) is 0 Å². The molecule has 0 saturated carbocycles. The number of rotatable bonds is 3. The fourth-order valence-electron chi connectivity index (χ4n) is 1.83. The van der Waals surface area contributed by atoms with Crippen molar-refractivity contribution in [1.29, 1.82) is 0 Å². The highest BCUT2D eigenvalue weighted by Crippen LogP contribution is 2.23. The third-order valence-electron chi connectivity index (χ3n) is 2.68. The molecule has 0 amide bonds. The monoisotopic (exact) mass is 283 g/mol. The van der Waals surface area contributed by atoms with Crippen LogP contribution in [0.5, 0.6) is 0 Å². The molecule has 0 aliphatic heterocycles. The number of nitrogens with two attached hydrogens (primary N) is 1. The topological polar surface area (TPSA) is 43.8 Å². The van der Waals surface area contributed by atoms with E-state index in [1.807, 2.05) is 32.0 Å². The van der Waals surface area contributed by atoms with E-state index in [1.54, 1.807) is 10.9 Å². The Morgan fingerprint density at radius 1 is 1.39 bits per heavy atom. The van der Waals surface area contributed by atoms with E-state index in [-0.39, 0.29) is 6.04 Å². The minimum absolute atomic E-state index is 0.0806. The van der Waals surface area contributed by atoms with Crippen LogP contribution in [0.2, 0.25) is 10.0 Å². The average Bonchev–Trinajstić information content (AvgIpc) is 2.61. The summed E-state index contributed by atoms with van der Waals surface area (Å²) in [4.78, 5) is 0. The minimum atomic E-state index is 0.0806. The Kier molecular flexibility index (Phi) is 3.95. The van der Waals surface area contributed by atoms with Gasteiger partial charge < -0.3 is 5.73 Å². The largest absolute Gasteiger partial charge is 0.328 e. The van der Waals surface area contributed by atoms with Gasteiger partial charge in [-0.3, -0.25) is 0 Å². The highest BCUT2D eigenvalue weighted by Gasteiger charge is 2.10. The van der Waals surface area contributed by atoms with Gasteiger partial charge in [-0.25, -0.2) is 4.68 Å². The number of aryl methyl sites for hydroxylation is 1. The number of benzene rings is 1. The van der Waals surface area contributed by atoms with Gasteiger partial charge in [-0.15, -0.1) is 0 Å². The van der Waals surface area contributed by atoms with Crippen LogP contribution in [0.25, 0.3) is 5.69 Å². The third-order valence-corrected chi connectivity index (χ3v) is 3.28. The van der Waals surface area contributed by atoms with Crippen molar-refractivity contribution in [3.8, 4) is 5.69 Å². The summed E-state index contributed by atoms with van der Waals surface area (Å²) in [5, 5.41) is 5.68. The molecule has 1 unspecified atom stereocenters. The fourth-order valence-corrected chi connectivity index (χ4v) is 2.13. The van der Waals surface area contributed by atoms with E-state index in [0.29, 0.717) is 10.0 Å². The normalized spacial score (nSPS) is 12.7. The van der Waals surface area contributed by atoms with Crippen LogP contribution in [-0.4, -0.2) is 15.8 Å². The zero-order chi connectivity index (χ0) is 13.3. The summed E-state index contributed by atoms with van der Waals surface area (Å²) in [6.45, 7) is 3.84. The fraction of sp³-hybridized carbons (Fsp3) is 0.308. The minimum Gasteiger partial charge on any atom is -0.328 e. The van der Waals surface area contributed by atoms with Crippen molar-refractivity contribution in [3.05, 3.63) is 45.7 Å². The van der Waals surface area contributed by atoms with Crippen molar-refractivity contribution in [1.82, 2.24) is 9.78 Å². The Morgan fingerprint density at radius 3 is 2.67 bits per heavy atom. The van der Waals surface area contributed by atoms with E-state index in [2.05, 4.69) is 5.10 Å². The van der Waals surface area contributed by atoms with Crippen molar-refractivity contribution >= 4 is 23.2 Å². The number of halogens is 2. The molecule has 1 aromatic heterocycles.